The van der Waals surface area contributed by atoms with Gasteiger partial charge in [0.05, 0.1) is 10.6 Å². The Morgan fingerprint density at radius 3 is 2.00 bits per heavy atom. The maximum atomic E-state index is 12.7. The molecule has 1 saturated heterocycles. The van der Waals surface area contributed by atoms with Gasteiger partial charge in [-0.2, -0.15) is 4.31 Å². The van der Waals surface area contributed by atoms with E-state index in [1.165, 1.54) is 5.56 Å². The first kappa shape index (κ1) is 19.6. The molecule has 1 aliphatic heterocycles. The summed E-state index contributed by atoms with van der Waals surface area (Å²) in [4.78, 5) is 4.82. The van der Waals surface area contributed by atoms with Crippen molar-refractivity contribution < 1.29 is 8.42 Å². The highest BCUT2D eigenvalue weighted by Gasteiger charge is 2.25. The van der Waals surface area contributed by atoms with Gasteiger partial charge in [0.15, 0.2) is 0 Å². The fourth-order valence-corrected chi connectivity index (χ4v) is 5.02. The Morgan fingerprint density at radius 2 is 1.34 bits per heavy atom. The van der Waals surface area contributed by atoms with Crippen LogP contribution in [-0.2, 0) is 10.0 Å². The number of piperidine rings is 1. The lowest BCUT2D eigenvalue weighted by Gasteiger charge is -2.25. The number of hydrogen-bond acceptors (Lipinski definition) is 3. The standard InChI is InChI=1S/C24H24N2O2S/c27-29(28,26-17-5-2-6-18-26)24-15-13-23(14-16-24)25-19-20-9-11-22(12-10-20)21-7-3-1-4-8-21/h1,3-4,7-16,19H,2,5-6,17-18H2. The lowest BCUT2D eigenvalue weighted by atomic mass is 10.0. The SMILES string of the molecule is O=S(=O)(c1ccc(N=Cc2ccc(-c3ccccc3)cc2)cc1)N1CCCCC1. The molecule has 4 rings (SSSR count). The fourth-order valence-electron chi connectivity index (χ4n) is 3.50. The van der Waals surface area contributed by atoms with E-state index in [9.17, 15) is 8.42 Å². The zero-order valence-electron chi connectivity index (χ0n) is 16.2. The molecule has 0 N–H and O–H groups in total. The summed E-state index contributed by atoms with van der Waals surface area (Å²) in [5.74, 6) is 0. The molecule has 4 nitrogen and oxygen atoms in total. The molecule has 0 spiro atoms. The van der Waals surface area contributed by atoms with Gasteiger partial charge in [-0.25, -0.2) is 8.42 Å². The first-order valence-electron chi connectivity index (χ1n) is 9.93. The van der Waals surface area contributed by atoms with Gasteiger partial charge in [0, 0.05) is 19.3 Å². The minimum absolute atomic E-state index is 0.338. The molecule has 0 radical (unpaired) electrons. The van der Waals surface area contributed by atoms with Crippen molar-refractivity contribution in [2.75, 3.05) is 13.1 Å². The summed E-state index contributed by atoms with van der Waals surface area (Å²) in [5.41, 5.74) is 4.07. The van der Waals surface area contributed by atoms with Gasteiger partial charge in [-0.05, 0) is 53.8 Å². The van der Waals surface area contributed by atoms with E-state index in [4.69, 9.17) is 0 Å². The molecule has 3 aromatic carbocycles. The fraction of sp³-hybridized carbons (Fsp3) is 0.208. The minimum atomic E-state index is -3.40. The molecular formula is C24H24N2O2S. The Balaban J connectivity index is 1.45. The minimum Gasteiger partial charge on any atom is -0.256 e. The summed E-state index contributed by atoms with van der Waals surface area (Å²) in [6, 6.07) is 25.2. The molecule has 1 aliphatic rings. The molecule has 0 bridgehead atoms. The maximum Gasteiger partial charge on any atom is 0.243 e. The highest BCUT2D eigenvalue weighted by molar-refractivity contribution is 7.89. The van der Waals surface area contributed by atoms with Crippen molar-refractivity contribution >= 4 is 21.9 Å². The normalized spacial score (nSPS) is 15.6. The Kier molecular flexibility index (Phi) is 5.88. The summed E-state index contributed by atoms with van der Waals surface area (Å²) in [7, 11) is -3.40. The molecule has 0 aliphatic carbocycles. The van der Waals surface area contributed by atoms with E-state index < -0.39 is 10.0 Å². The van der Waals surface area contributed by atoms with Crippen LogP contribution in [0.15, 0.2) is 88.8 Å². The Morgan fingerprint density at radius 1 is 0.724 bits per heavy atom. The Hall–Kier alpha value is -2.76. The van der Waals surface area contributed by atoms with Crippen molar-refractivity contribution in [3.63, 3.8) is 0 Å². The third-order valence-electron chi connectivity index (χ3n) is 5.17. The molecular weight excluding hydrogens is 380 g/mol. The van der Waals surface area contributed by atoms with Gasteiger partial charge in [-0.15, -0.1) is 0 Å². The Bertz CT molecular complexity index is 1070. The van der Waals surface area contributed by atoms with Crippen LogP contribution in [0.5, 0.6) is 0 Å². The van der Waals surface area contributed by atoms with Gasteiger partial charge < -0.3 is 0 Å². The molecule has 148 valence electrons. The molecule has 1 fully saturated rings. The van der Waals surface area contributed by atoms with E-state index in [0.29, 0.717) is 18.0 Å². The first-order valence-corrected chi connectivity index (χ1v) is 11.4. The van der Waals surface area contributed by atoms with Crippen molar-refractivity contribution in [3.8, 4) is 11.1 Å². The number of sulfonamides is 1. The second kappa shape index (κ2) is 8.72. The van der Waals surface area contributed by atoms with Crippen molar-refractivity contribution in [1.82, 2.24) is 4.31 Å². The number of benzene rings is 3. The summed E-state index contributed by atoms with van der Waals surface area (Å²) in [5, 5.41) is 0. The first-order chi connectivity index (χ1) is 14.1. The van der Waals surface area contributed by atoms with Gasteiger partial charge in [-0.3, -0.25) is 4.99 Å². The predicted octanol–water partition coefficient (Wildman–Crippen LogP) is 5.28. The Labute approximate surface area is 172 Å². The average Bonchev–Trinajstić information content (AvgIpc) is 2.79. The lowest BCUT2D eigenvalue weighted by Crippen LogP contribution is -2.35. The average molecular weight is 405 g/mol. The second-order valence-electron chi connectivity index (χ2n) is 7.20. The molecule has 0 atom stereocenters. The number of rotatable bonds is 5. The van der Waals surface area contributed by atoms with Gasteiger partial charge >= 0.3 is 0 Å². The molecule has 3 aromatic rings. The van der Waals surface area contributed by atoms with Gasteiger partial charge in [0.25, 0.3) is 0 Å². The van der Waals surface area contributed by atoms with E-state index in [-0.39, 0.29) is 0 Å². The molecule has 1 heterocycles. The van der Waals surface area contributed by atoms with Gasteiger partial charge in [-0.1, -0.05) is 61.0 Å². The number of aliphatic imine (C=N–C) groups is 1. The van der Waals surface area contributed by atoms with Crippen molar-refractivity contribution in [2.45, 2.75) is 24.2 Å². The number of nitrogens with zero attached hydrogens (tertiary/aromatic N) is 2. The summed E-state index contributed by atoms with van der Waals surface area (Å²) < 4.78 is 27.0. The van der Waals surface area contributed by atoms with Crippen molar-refractivity contribution in [1.29, 1.82) is 0 Å². The van der Waals surface area contributed by atoms with E-state index >= 15 is 0 Å². The van der Waals surface area contributed by atoms with Crippen LogP contribution in [0, 0.1) is 0 Å². The van der Waals surface area contributed by atoms with E-state index in [2.05, 4.69) is 29.3 Å². The molecule has 0 saturated carbocycles. The predicted molar refractivity (Wildman–Crippen MR) is 118 cm³/mol. The van der Waals surface area contributed by atoms with Gasteiger partial charge in [0.1, 0.15) is 0 Å². The summed E-state index contributed by atoms with van der Waals surface area (Å²) in [6.45, 7) is 1.22. The zero-order valence-corrected chi connectivity index (χ0v) is 17.1. The quantitative estimate of drug-likeness (QED) is 0.543. The molecule has 0 amide bonds. The van der Waals surface area contributed by atoms with Crippen LogP contribution in [0.25, 0.3) is 11.1 Å². The van der Waals surface area contributed by atoms with Crippen LogP contribution in [0.3, 0.4) is 0 Å². The molecule has 29 heavy (non-hydrogen) atoms. The molecule has 0 unspecified atom stereocenters. The summed E-state index contributed by atoms with van der Waals surface area (Å²) >= 11 is 0. The van der Waals surface area contributed by atoms with Crippen LogP contribution in [0.4, 0.5) is 5.69 Å². The highest BCUT2D eigenvalue weighted by Crippen LogP contribution is 2.23. The van der Waals surface area contributed by atoms with Crippen LogP contribution < -0.4 is 0 Å². The smallest absolute Gasteiger partial charge is 0.243 e. The van der Waals surface area contributed by atoms with Crippen LogP contribution in [0.1, 0.15) is 24.8 Å². The van der Waals surface area contributed by atoms with E-state index in [1.807, 2.05) is 30.3 Å². The third-order valence-corrected chi connectivity index (χ3v) is 7.08. The van der Waals surface area contributed by atoms with Crippen LogP contribution in [0.2, 0.25) is 0 Å². The van der Waals surface area contributed by atoms with Crippen molar-refractivity contribution in [3.05, 3.63) is 84.4 Å². The highest BCUT2D eigenvalue weighted by atomic mass is 32.2. The largest absolute Gasteiger partial charge is 0.256 e. The second-order valence-corrected chi connectivity index (χ2v) is 9.14. The lowest BCUT2D eigenvalue weighted by molar-refractivity contribution is 0.346. The van der Waals surface area contributed by atoms with Crippen LogP contribution in [-0.4, -0.2) is 32.0 Å². The maximum absolute atomic E-state index is 12.7. The van der Waals surface area contributed by atoms with Gasteiger partial charge in [0.2, 0.25) is 10.0 Å². The zero-order chi connectivity index (χ0) is 20.1. The van der Waals surface area contributed by atoms with E-state index in [1.54, 1.807) is 34.8 Å². The monoisotopic (exact) mass is 404 g/mol. The molecule has 0 aromatic heterocycles. The van der Waals surface area contributed by atoms with Crippen LogP contribution >= 0.6 is 0 Å². The van der Waals surface area contributed by atoms with Crippen molar-refractivity contribution in [2.24, 2.45) is 4.99 Å². The topological polar surface area (TPSA) is 49.7 Å². The summed E-state index contributed by atoms with van der Waals surface area (Å²) in [6.07, 6.45) is 4.77. The third kappa shape index (κ3) is 4.63. The number of hydrogen-bond donors (Lipinski definition) is 0. The van der Waals surface area contributed by atoms with E-state index in [0.717, 1.165) is 36.1 Å². The molecule has 5 heteroatoms.